The number of carboxylic acid groups (broad SMARTS) is 1. The quantitative estimate of drug-likeness (QED) is 0.593. The molecule has 0 fully saturated rings. The molecule has 4 N–H and O–H groups in total. The molecule has 0 saturated heterocycles. The highest BCUT2D eigenvalue weighted by atomic mass is 16.4. The summed E-state index contributed by atoms with van der Waals surface area (Å²) in [6, 6.07) is 13.1. The first-order chi connectivity index (χ1) is 12.4. The number of rotatable bonds is 6. The van der Waals surface area contributed by atoms with Gasteiger partial charge < -0.3 is 20.8 Å². The molecule has 0 heterocycles. The number of carboxylic acids is 1. The molecule has 26 heavy (non-hydrogen) atoms. The molecule has 0 radical (unpaired) electrons. The third kappa shape index (κ3) is 5.11. The molecule has 7 nitrogen and oxygen atoms in total. The molecule has 2 rings (SSSR count). The lowest BCUT2D eigenvalue weighted by atomic mass is 10.1. The Hall–Kier alpha value is -3.79. The molecule has 2 aromatic rings. The van der Waals surface area contributed by atoms with Crippen LogP contribution in [0.3, 0.4) is 0 Å². The van der Waals surface area contributed by atoms with Crippen LogP contribution in [0.25, 0.3) is 0 Å². The van der Waals surface area contributed by atoms with Crippen molar-refractivity contribution >= 4 is 17.6 Å². The zero-order valence-electron chi connectivity index (χ0n) is 13.9. The zero-order chi connectivity index (χ0) is 19.1. The van der Waals surface area contributed by atoms with Crippen LogP contribution in [0.4, 0.5) is 5.69 Å². The predicted molar refractivity (Wildman–Crippen MR) is 95.2 cm³/mol. The van der Waals surface area contributed by atoms with Crippen LogP contribution in [-0.4, -0.2) is 22.1 Å². The summed E-state index contributed by atoms with van der Waals surface area (Å²) in [7, 11) is 0. The van der Waals surface area contributed by atoms with Crippen LogP contribution in [0.15, 0.2) is 60.3 Å². The van der Waals surface area contributed by atoms with Gasteiger partial charge in [0.15, 0.2) is 0 Å². The molecule has 1 atom stereocenters. The van der Waals surface area contributed by atoms with E-state index in [1.807, 2.05) is 6.07 Å². The lowest BCUT2D eigenvalue weighted by Gasteiger charge is -2.16. The average molecular weight is 351 g/mol. The van der Waals surface area contributed by atoms with E-state index in [2.05, 4.69) is 10.6 Å². The third-order valence-electron chi connectivity index (χ3n) is 3.47. The van der Waals surface area contributed by atoms with Gasteiger partial charge in [-0.3, -0.25) is 4.79 Å². The highest BCUT2D eigenvalue weighted by Gasteiger charge is 2.19. The summed E-state index contributed by atoms with van der Waals surface area (Å²) in [5.74, 6) is -1.52. The maximum atomic E-state index is 12.0. The monoisotopic (exact) mass is 351 g/mol. The number of benzene rings is 2. The van der Waals surface area contributed by atoms with Crippen LogP contribution in [-0.2, 0) is 9.59 Å². The number of anilines is 1. The van der Waals surface area contributed by atoms with Crippen molar-refractivity contribution in [3.8, 4) is 11.8 Å². The Bertz CT molecular complexity index is 865. The molecular weight excluding hydrogens is 334 g/mol. The summed E-state index contributed by atoms with van der Waals surface area (Å²) in [6.45, 7) is 1.58. The summed E-state index contributed by atoms with van der Waals surface area (Å²) in [5.41, 5.74) is 1.80. The molecule has 132 valence electrons. The summed E-state index contributed by atoms with van der Waals surface area (Å²) >= 11 is 0. The van der Waals surface area contributed by atoms with Crippen molar-refractivity contribution in [1.29, 1.82) is 5.26 Å². The maximum absolute atomic E-state index is 12.0. The van der Waals surface area contributed by atoms with Crippen molar-refractivity contribution in [3.63, 3.8) is 0 Å². The Labute approximate surface area is 150 Å². The number of nitrogens with one attached hydrogen (secondary N) is 2. The average Bonchev–Trinajstić information content (AvgIpc) is 2.61. The number of carbonyl (C=O) groups is 2. The Morgan fingerprint density at radius 3 is 2.27 bits per heavy atom. The van der Waals surface area contributed by atoms with Gasteiger partial charge in [-0.2, -0.15) is 5.26 Å². The summed E-state index contributed by atoms with van der Waals surface area (Å²) in [4.78, 5) is 23.5. The number of aliphatic carboxylic acids is 1. The number of nitrogens with zero attached hydrogens (tertiary/aromatic N) is 1. The van der Waals surface area contributed by atoms with Crippen molar-refractivity contribution in [2.24, 2.45) is 0 Å². The first kappa shape index (κ1) is 18.5. The van der Waals surface area contributed by atoms with E-state index in [1.165, 1.54) is 30.3 Å². The van der Waals surface area contributed by atoms with Gasteiger partial charge in [0.2, 0.25) is 5.91 Å². The fourth-order valence-electron chi connectivity index (χ4n) is 2.23. The lowest BCUT2D eigenvalue weighted by molar-refractivity contribution is -0.139. The molecule has 0 spiro atoms. The first-order valence-electron chi connectivity index (χ1n) is 7.67. The lowest BCUT2D eigenvalue weighted by Crippen LogP contribution is -2.27. The summed E-state index contributed by atoms with van der Waals surface area (Å²) in [5, 5.41) is 32.8. The van der Waals surface area contributed by atoms with Crippen molar-refractivity contribution in [2.75, 3.05) is 5.32 Å². The minimum absolute atomic E-state index is 0.0342. The van der Waals surface area contributed by atoms with E-state index in [1.54, 1.807) is 31.2 Å². The Balaban J connectivity index is 2.06. The molecule has 0 aliphatic carbocycles. The van der Waals surface area contributed by atoms with E-state index in [-0.39, 0.29) is 5.75 Å². The second kappa shape index (κ2) is 8.35. The minimum Gasteiger partial charge on any atom is -0.508 e. The SMILES string of the molecule is CC(=CC(=O)Nc1ccc(C#N)cc1)N[C@@H](C(=O)O)c1ccc(O)cc1. The molecule has 0 aliphatic heterocycles. The van der Waals surface area contributed by atoms with Crippen LogP contribution in [0.1, 0.15) is 24.1 Å². The van der Waals surface area contributed by atoms with Gasteiger partial charge in [0.25, 0.3) is 0 Å². The number of amides is 1. The number of hydrogen-bond donors (Lipinski definition) is 4. The molecule has 2 aromatic carbocycles. The van der Waals surface area contributed by atoms with E-state index in [0.717, 1.165) is 0 Å². The van der Waals surface area contributed by atoms with Crippen molar-refractivity contribution < 1.29 is 19.8 Å². The predicted octanol–water partition coefficient (Wildman–Crippen LogP) is 2.52. The van der Waals surface area contributed by atoms with Crippen molar-refractivity contribution in [1.82, 2.24) is 5.32 Å². The van der Waals surface area contributed by atoms with E-state index in [4.69, 9.17) is 5.26 Å². The van der Waals surface area contributed by atoms with Gasteiger partial charge in [0.05, 0.1) is 11.6 Å². The highest BCUT2D eigenvalue weighted by Crippen LogP contribution is 2.18. The molecule has 0 bridgehead atoms. The van der Waals surface area contributed by atoms with Crippen LogP contribution in [0.5, 0.6) is 5.75 Å². The fourth-order valence-corrected chi connectivity index (χ4v) is 2.23. The van der Waals surface area contributed by atoms with E-state index >= 15 is 0 Å². The number of phenols is 1. The molecular formula is C19H17N3O4. The maximum Gasteiger partial charge on any atom is 0.330 e. The van der Waals surface area contributed by atoms with Gasteiger partial charge in [0, 0.05) is 17.5 Å². The Kier molecular flexibility index (Phi) is 5.96. The Morgan fingerprint density at radius 1 is 1.12 bits per heavy atom. The molecule has 7 heteroatoms. The first-order valence-corrected chi connectivity index (χ1v) is 7.67. The van der Waals surface area contributed by atoms with Crippen molar-refractivity contribution in [2.45, 2.75) is 13.0 Å². The normalized spacial score (nSPS) is 11.9. The number of aromatic hydroxyl groups is 1. The number of nitriles is 1. The van der Waals surface area contributed by atoms with E-state index in [0.29, 0.717) is 22.5 Å². The second-order valence-corrected chi connectivity index (χ2v) is 5.51. The summed E-state index contributed by atoms with van der Waals surface area (Å²) in [6.07, 6.45) is 1.24. The van der Waals surface area contributed by atoms with Gasteiger partial charge in [0.1, 0.15) is 11.8 Å². The largest absolute Gasteiger partial charge is 0.508 e. The second-order valence-electron chi connectivity index (χ2n) is 5.51. The Morgan fingerprint density at radius 2 is 1.73 bits per heavy atom. The molecule has 0 aromatic heterocycles. The number of allylic oxidation sites excluding steroid dienone is 1. The van der Waals surface area contributed by atoms with Gasteiger partial charge in [-0.25, -0.2) is 4.79 Å². The van der Waals surface area contributed by atoms with Gasteiger partial charge in [-0.05, 0) is 48.9 Å². The fraction of sp³-hybridized carbons (Fsp3) is 0.105. The molecule has 1 amide bonds. The van der Waals surface area contributed by atoms with Crippen LogP contribution >= 0.6 is 0 Å². The van der Waals surface area contributed by atoms with Crippen LogP contribution in [0.2, 0.25) is 0 Å². The number of phenolic OH excluding ortho intramolecular Hbond substituents is 1. The highest BCUT2D eigenvalue weighted by molar-refractivity contribution is 5.99. The molecule has 0 aliphatic rings. The summed E-state index contributed by atoms with van der Waals surface area (Å²) < 4.78 is 0. The zero-order valence-corrected chi connectivity index (χ0v) is 13.9. The van der Waals surface area contributed by atoms with Crippen LogP contribution < -0.4 is 10.6 Å². The molecule has 0 unspecified atom stereocenters. The standard InChI is InChI=1S/C19H17N3O4/c1-12(10-17(24)22-15-6-2-13(11-20)3-7-15)21-18(19(25)26)14-4-8-16(23)9-5-14/h2-10,18,21,23H,1H3,(H,22,24)(H,25,26)/t18-/m1/s1. The minimum atomic E-state index is -1.11. The third-order valence-corrected chi connectivity index (χ3v) is 3.47. The van der Waals surface area contributed by atoms with Crippen LogP contribution in [0, 0.1) is 11.3 Å². The van der Waals surface area contributed by atoms with E-state index < -0.39 is 17.9 Å². The van der Waals surface area contributed by atoms with Crippen molar-refractivity contribution in [3.05, 3.63) is 71.4 Å². The smallest absolute Gasteiger partial charge is 0.330 e. The molecule has 0 saturated carbocycles. The van der Waals surface area contributed by atoms with Gasteiger partial charge >= 0.3 is 5.97 Å². The topological polar surface area (TPSA) is 122 Å². The van der Waals surface area contributed by atoms with Gasteiger partial charge in [-0.1, -0.05) is 12.1 Å². The van der Waals surface area contributed by atoms with E-state index in [9.17, 15) is 19.8 Å². The number of carbonyl (C=O) groups excluding carboxylic acids is 1. The van der Waals surface area contributed by atoms with Gasteiger partial charge in [-0.15, -0.1) is 0 Å². The number of hydrogen-bond acceptors (Lipinski definition) is 5.